The van der Waals surface area contributed by atoms with Crippen LogP contribution < -0.4 is 21.7 Å². The first-order valence-corrected chi connectivity index (χ1v) is 10.3. The lowest BCUT2D eigenvalue weighted by molar-refractivity contribution is -0.131. The first kappa shape index (κ1) is 22.8. The summed E-state index contributed by atoms with van der Waals surface area (Å²) < 4.78 is 1.08. The maximum atomic E-state index is 12.8. The quantitative estimate of drug-likeness (QED) is 0.380. The Hall–Kier alpha value is -2.46. The van der Waals surface area contributed by atoms with Crippen LogP contribution in [0.1, 0.15) is 18.1 Å². The molecule has 29 heavy (non-hydrogen) atoms. The second-order valence-corrected chi connectivity index (χ2v) is 7.84. The van der Waals surface area contributed by atoms with Gasteiger partial charge in [-0.15, -0.1) is 0 Å². The number of benzene rings is 2. The molecule has 2 aromatic carbocycles. The van der Waals surface area contributed by atoms with Crippen molar-refractivity contribution in [3.8, 4) is 0 Å². The molecule has 0 aromatic heterocycles. The summed E-state index contributed by atoms with van der Waals surface area (Å²) in [5.74, 6) is -1.18. The number of hydrogen-bond acceptors (Lipinski definition) is 4. The lowest BCUT2D eigenvalue weighted by Crippen LogP contribution is -2.54. The van der Waals surface area contributed by atoms with E-state index < -0.39 is 23.9 Å². The summed E-state index contributed by atoms with van der Waals surface area (Å²) in [6.45, 7) is 1.70. The molecule has 0 fully saturated rings. The molecular formula is C21H25IN4O3. The Morgan fingerprint density at radius 2 is 1.66 bits per heavy atom. The highest BCUT2D eigenvalue weighted by Gasteiger charge is 2.24. The highest BCUT2D eigenvalue weighted by Crippen LogP contribution is 2.08. The van der Waals surface area contributed by atoms with E-state index in [2.05, 4.69) is 38.5 Å². The number of rotatable bonds is 9. The van der Waals surface area contributed by atoms with Crippen LogP contribution in [0.4, 0.5) is 0 Å². The lowest BCUT2D eigenvalue weighted by Gasteiger charge is -2.21. The predicted octanol–water partition coefficient (Wildman–Crippen LogP) is 1.10. The van der Waals surface area contributed by atoms with E-state index >= 15 is 0 Å². The molecular weight excluding hydrogens is 483 g/mol. The number of nitrogens with one attached hydrogen (secondary N) is 3. The molecule has 0 aliphatic heterocycles. The number of carbonyl (C=O) groups is 3. The molecule has 0 aliphatic rings. The van der Waals surface area contributed by atoms with E-state index in [4.69, 9.17) is 5.73 Å². The Morgan fingerprint density at radius 3 is 2.31 bits per heavy atom. The average Bonchev–Trinajstić information content (AvgIpc) is 2.72. The third kappa shape index (κ3) is 7.82. The summed E-state index contributed by atoms with van der Waals surface area (Å²) in [7, 11) is 0. The van der Waals surface area contributed by atoms with Crippen LogP contribution in [-0.2, 0) is 27.3 Å². The normalized spacial score (nSPS) is 12.5. The molecule has 0 aliphatic carbocycles. The number of halogens is 1. The average molecular weight is 508 g/mol. The molecule has 154 valence electrons. The van der Waals surface area contributed by atoms with E-state index in [-0.39, 0.29) is 12.5 Å². The summed E-state index contributed by atoms with van der Waals surface area (Å²) >= 11 is 2.21. The van der Waals surface area contributed by atoms with Gasteiger partial charge in [0.1, 0.15) is 12.1 Å². The van der Waals surface area contributed by atoms with Crippen molar-refractivity contribution in [2.75, 3.05) is 6.54 Å². The third-order valence-corrected chi connectivity index (χ3v) is 4.90. The molecule has 2 atom stereocenters. The summed E-state index contributed by atoms with van der Waals surface area (Å²) in [5.41, 5.74) is 7.16. The van der Waals surface area contributed by atoms with Gasteiger partial charge in [0.15, 0.2) is 0 Å². The van der Waals surface area contributed by atoms with E-state index in [1.807, 2.05) is 54.6 Å². The minimum absolute atomic E-state index is 0.207. The molecule has 3 amide bonds. The molecule has 0 saturated heterocycles. The Kier molecular flexibility index (Phi) is 9.07. The van der Waals surface area contributed by atoms with Gasteiger partial charge in [0.25, 0.3) is 0 Å². The van der Waals surface area contributed by atoms with Gasteiger partial charge in [0.05, 0.1) is 6.54 Å². The SMILES string of the molecule is C[C@@H](NC(=O)CN)C(=O)N[C@@H](Cc1ccccc1)C(=O)NCc1cccc(I)c1. The fourth-order valence-electron chi connectivity index (χ4n) is 2.68. The van der Waals surface area contributed by atoms with Crippen molar-refractivity contribution in [1.29, 1.82) is 0 Å². The van der Waals surface area contributed by atoms with Gasteiger partial charge < -0.3 is 21.7 Å². The fraction of sp³-hybridized carbons (Fsp3) is 0.286. The van der Waals surface area contributed by atoms with Crippen LogP contribution in [0.25, 0.3) is 0 Å². The van der Waals surface area contributed by atoms with Crippen LogP contribution in [-0.4, -0.2) is 36.3 Å². The van der Waals surface area contributed by atoms with Gasteiger partial charge in [0.2, 0.25) is 17.7 Å². The number of amides is 3. The van der Waals surface area contributed by atoms with Gasteiger partial charge in [-0.1, -0.05) is 42.5 Å². The smallest absolute Gasteiger partial charge is 0.243 e. The zero-order valence-corrected chi connectivity index (χ0v) is 18.3. The Labute approximate surface area is 184 Å². The van der Waals surface area contributed by atoms with E-state index in [9.17, 15) is 14.4 Å². The van der Waals surface area contributed by atoms with Crippen LogP contribution in [0.3, 0.4) is 0 Å². The van der Waals surface area contributed by atoms with Crippen molar-refractivity contribution < 1.29 is 14.4 Å². The minimum Gasteiger partial charge on any atom is -0.350 e. The third-order valence-electron chi connectivity index (χ3n) is 4.23. The van der Waals surface area contributed by atoms with E-state index in [1.54, 1.807) is 6.92 Å². The van der Waals surface area contributed by atoms with Gasteiger partial charge in [-0.05, 0) is 52.8 Å². The topological polar surface area (TPSA) is 113 Å². The van der Waals surface area contributed by atoms with Crippen molar-refractivity contribution >= 4 is 40.3 Å². The van der Waals surface area contributed by atoms with E-state index in [0.717, 1.165) is 14.7 Å². The highest BCUT2D eigenvalue weighted by atomic mass is 127. The van der Waals surface area contributed by atoms with Crippen LogP contribution in [0.2, 0.25) is 0 Å². The summed E-state index contributed by atoms with van der Waals surface area (Å²) in [4.78, 5) is 36.7. The van der Waals surface area contributed by atoms with Crippen LogP contribution in [0, 0.1) is 3.57 Å². The summed E-state index contributed by atoms with van der Waals surface area (Å²) in [5, 5.41) is 8.11. The number of carbonyl (C=O) groups excluding carboxylic acids is 3. The fourth-order valence-corrected chi connectivity index (χ4v) is 3.29. The van der Waals surface area contributed by atoms with E-state index in [1.165, 1.54) is 0 Å². The van der Waals surface area contributed by atoms with Crippen LogP contribution in [0.15, 0.2) is 54.6 Å². The Morgan fingerprint density at radius 1 is 0.966 bits per heavy atom. The molecule has 7 nitrogen and oxygen atoms in total. The molecule has 0 spiro atoms. The summed E-state index contributed by atoms with van der Waals surface area (Å²) in [6, 6.07) is 15.7. The van der Waals surface area contributed by atoms with Crippen molar-refractivity contribution in [2.45, 2.75) is 32.0 Å². The molecule has 5 N–H and O–H groups in total. The second kappa shape index (κ2) is 11.5. The van der Waals surface area contributed by atoms with Crippen molar-refractivity contribution in [1.82, 2.24) is 16.0 Å². The largest absolute Gasteiger partial charge is 0.350 e. The maximum Gasteiger partial charge on any atom is 0.243 e. The van der Waals surface area contributed by atoms with Crippen LogP contribution in [0.5, 0.6) is 0 Å². The monoisotopic (exact) mass is 508 g/mol. The lowest BCUT2D eigenvalue weighted by atomic mass is 10.0. The zero-order chi connectivity index (χ0) is 21.2. The summed E-state index contributed by atoms with van der Waals surface area (Å²) in [6.07, 6.45) is 0.336. The first-order valence-electron chi connectivity index (χ1n) is 9.25. The van der Waals surface area contributed by atoms with Crippen molar-refractivity contribution in [3.05, 3.63) is 69.3 Å². The molecule has 0 saturated carbocycles. The molecule has 0 radical (unpaired) electrons. The molecule has 0 heterocycles. The Balaban J connectivity index is 2.06. The van der Waals surface area contributed by atoms with Crippen molar-refractivity contribution in [3.63, 3.8) is 0 Å². The van der Waals surface area contributed by atoms with Gasteiger partial charge in [-0.2, -0.15) is 0 Å². The molecule has 0 bridgehead atoms. The van der Waals surface area contributed by atoms with Gasteiger partial charge >= 0.3 is 0 Å². The second-order valence-electron chi connectivity index (χ2n) is 6.59. The minimum atomic E-state index is -0.798. The zero-order valence-electron chi connectivity index (χ0n) is 16.2. The predicted molar refractivity (Wildman–Crippen MR) is 120 cm³/mol. The molecule has 2 aromatic rings. The van der Waals surface area contributed by atoms with Crippen LogP contribution >= 0.6 is 22.6 Å². The van der Waals surface area contributed by atoms with Gasteiger partial charge in [-0.25, -0.2) is 0 Å². The van der Waals surface area contributed by atoms with Gasteiger partial charge in [0, 0.05) is 16.5 Å². The number of nitrogens with two attached hydrogens (primary N) is 1. The number of hydrogen-bond donors (Lipinski definition) is 4. The molecule has 0 unspecified atom stereocenters. The van der Waals surface area contributed by atoms with Crippen molar-refractivity contribution in [2.24, 2.45) is 5.73 Å². The molecule has 2 rings (SSSR count). The van der Waals surface area contributed by atoms with E-state index in [0.29, 0.717) is 13.0 Å². The maximum absolute atomic E-state index is 12.8. The van der Waals surface area contributed by atoms with Gasteiger partial charge in [-0.3, -0.25) is 14.4 Å². The first-order chi connectivity index (χ1) is 13.9. The molecule has 8 heteroatoms. The standard InChI is InChI=1S/C21H25IN4O3/c1-14(25-19(27)12-23)20(28)26-18(11-15-6-3-2-4-7-15)21(29)24-13-16-8-5-9-17(22)10-16/h2-10,14,18H,11-13,23H2,1H3,(H,24,29)(H,25,27)(H,26,28)/t14-,18+/m1/s1. The Bertz CT molecular complexity index is 845. The highest BCUT2D eigenvalue weighted by molar-refractivity contribution is 14.1.